The second-order valence-corrected chi connectivity index (χ2v) is 12.3. The lowest BCUT2D eigenvalue weighted by atomic mass is 9.84. The predicted octanol–water partition coefficient (Wildman–Crippen LogP) is 11.4. The molecule has 1 saturated carbocycles. The van der Waals surface area contributed by atoms with Crippen LogP contribution in [0.3, 0.4) is 0 Å². The zero-order valence-corrected chi connectivity index (χ0v) is 28.4. The van der Waals surface area contributed by atoms with Crippen LogP contribution in [0.1, 0.15) is 105 Å². The largest absolute Gasteiger partial charge is 0.413 e. The van der Waals surface area contributed by atoms with Crippen molar-refractivity contribution in [3.63, 3.8) is 0 Å². The number of carbonyl (C=O) groups excluding carboxylic acids is 1. The first kappa shape index (κ1) is 43.8. The van der Waals surface area contributed by atoms with Gasteiger partial charge in [-0.1, -0.05) is 97.0 Å². The van der Waals surface area contributed by atoms with Gasteiger partial charge in [0.1, 0.15) is 6.29 Å². The number of benzene rings is 1. The number of carbonyl (C=O) groups is 1. The summed E-state index contributed by atoms with van der Waals surface area (Å²) in [5.74, 6) is 1.25. The van der Waals surface area contributed by atoms with E-state index in [4.69, 9.17) is 33.7 Å². The number of aryl methyl sites for hydroxylation is 1. The minimum absolute atomic E-state index is 0.150. The Kier molecular flexibility index (Phi) is 24.5. The van der Waals surface area contributed by atoms with Crippen molar-refractivity contribution in [2.24, 2.45) is 17.3 Å². The van der Waals surface area contributed by atoms with Crippen LogP contribution in [0.25, 0.3) is 0 Å². The van der Waals surface area contributed by atoms with Gasteiger partial charge in [0.05, 0.1) is 0 Å². The molecule has 3 nitrogen and oxygen atoms in total. The van der Waals surface area contributed by atoms with Gasteiger partial charge in [0.25, 0.3) is 0 Å². The van der Waals surface area contributed by atoms with E-state index in [1.807, 2.05) is 19.1 Å². The van der Waals surface area contributed by atoms with E-state index in [9.17, 15) is 18.0 Å². The lowest BCUT2D eigenvalue weighted by molar-refractivity contribution is -0.112. The molecule has 2 rings (SSSR count). The van der Waals surface area contributed by atoms with E-state index in [2.05, 4.69) is 48.1 Å². The molecule has 1 aliphatic rings. The van der Waals surface area contributed by atoms with Crippen LogP contribution in [-0.4, -0.2) is 30.9 Å². The molecule has 0 bridgehead atoms. The lowest BCUT2D eigenvalue weighted by Gasteiger charge is -2.21. The number of aldehydes is 1. The van der Waals surface area contributed by atoms with E-state index >= 15 is 0 Å². The quantitative estimate of drug-likeness (QED) is 0.195. The van der Waals surface area contributed by atoms with Crippen LogP contribution < -0.4 is 0 Å². The molecule has 0 spiro atoms. The van der Waals surface area contributed by atoms with Gasteiger partial charge in [-0.15, -0.1) is 0 Å². The smallest absolute Gasteiger partial charge is 0.400 e. The zero-order chi connectivity index (χ0) is 33.0. The van der Waals surface area contributed by atoms with Gasteiger partial charge >= 0.3 is 6.18 Å². The number of aliphatic hydroxyl groups excluding tert-OH is 1. The first-order valence-corrected chi connectivity index (χ1v) is 14.9. The highest BCUT2D eigenvalue weighted by molar-refractivity contribution is 6.36. The van der Waals surface area contributed by atoms with Gasteiger partial charge in [-0.2, -0.15) is 13.2 Å². The summed E-state index contributed by atoms with van der Waals surface area (Å²) < 4.78 is 36.1. The molecule has 2 N–H and O–H groups in total. The molecule has 0 aliphatic heterocycles. The van der Waals surface area contributed by atoms with E-state index in [-0.39, 0.29) is 11.1 Å². The molecule has 1 aliphatic carbocycles. The summed E-state index contributed by atoms with van der Waals surface area (Å²) in [6.45, 7) is 21.0. The number of nitrogens with one attached hydrogen (secondary N) is 1. The molecule has 41 heavy (non-hydrogen) atoms. The number of allylic oxidation sites excluding steroid dienone is 3. The van der Waals surface area contributed by atoms with Crippen LogP contribution in [0.15, 0.2) is 35.4 Å². The Morgan fingerprint density at radius 2 is 1.46 bits per heavy atom. The van der Waals surface area contributed by atoms with Crippen molar-refractivity contribution in [1.29, 1.82) is 5.41 Å². The van der Waals surface area contributed by atoms with E-state index < -0.39 is 11.7 Å². The molecule has 0 saturated heterocycles. The monoisotopic (exact) mass is 623 g/mol. The van der Waals surface area contributed by atoms with Crippen molar-refractivity contribution in [2.75, 3.05) is 7.11 Å². The van der Waals surface area contributed by atoms with Crippen molar-refractivity contribution in [2.45, 2.75) is 113 Å². The van der Waals surface area contributed by atoms with E-state index in [1.54, 1.807) is 0 Å². The Labute approximate surface area is 258 Å². The molecule has 238 valence electrons. The fourth-order valence-electron chi connectivity index (χ4n) is 3.34. The lowest BCUT2D eigenvalue weighted by Crippen LogP contribution is -2.12. The van der Waals surface area contributed by atoms with Crippen molar-refractivity contribution in [1.82, 2.24) is 0 Å². The Bertz CT molecular complexity index is 904. The molecule has 1 aromatic carbocycles. The van der Waals surface area contributed by atoms with Gasteiger partial charge in [-0.25, -0.2) is 0 Å². The third-order valence-corrected chi connectivity index (χ3v) is 7.21. The molecule has 0 atom stereocenters. The second kappa shape index (κ2) is 22.9. The highest BCUT2D eigenvalue weighted by Gasteiger charge is 2.32. The number of hydrogen-bond donors (Lipinski definition) is 2. The third kappa shape index (κ3) is 21.7. The van der Waals surface area contributed by atoms with Crippen molar-refractivity contribution >= 4 is 35.7 Å². The van der Waals surface area contributed by atoms with Gasteiger partial charge in [0, 0.05) is 40.4 Å². The topological polar surface area (TPSA) is 61.2 Å². The molecule has 0 aromatic heterocycles. The molecule has 0 amide bonds. The predicted molar refractivity (Wildman–Crippen MR) is 173 cm³/mol. The molecule has 1 aromatic rings. The number of rotatable bonds is 5. The number of alkyl halides is 3. The fourth-order valence-corrected chi connectivity index (χ4v) is 4.13. The Morgan fingerprint density at radius 1 is 1.05 bits per heavy atom. The van der Waals surface area contributed by atoms with Crippen molar-refractivity contribution in [3.8, 4) is 0 Å². The zero-order valence-electron chi connectivity index (χ0n) is 26.9. The fraction of sp³-hybridized carbons (Fsp3) is 0.636. The standard InChI is InChI=1S/C10H12Cl2.C8H10F3N.C8H14O.C6H14.CH4O/c1-3-4-8-9(11)5-7(2)6-10(8)12;1-5(2)7(4-12)6(3)8(9,10)11;1-7-2-4-8(6-9)5-3-7;1-5-6(2,3)4;1-2/h5-6H,3-4H2,1-2H3;4,12H,1H2,2-3H3;6-8H,2-5H2,1H3;5H2,1-4H3;2H,1H3/b;7-6-,12-4?;;;. The summed E-state index contributed by atoms with van der Waals surface area (Å²) in [5, 5.41) is 15.3. The van der Waals surface area contributed by atoms with Gasteiger partial charge in [-0.05, 0) is 80.2 Å². The number of halogens is 5. The van der Waals surface area contributed by atoms with E-state index in [0.717, 1.165) is 73.1 Å². The van der Waals surface area contributed by atoms with Gasteiger partial charge in [-0.3, -0.25) is 0 Å². The Hall–Kier alpha value is -1.63. The number of hydrogen-bond acceptors (Lipinski definition) is 3. The SMILES string of the molecule is C=C(C)/C(C=N)=C(/C)C(F)(F)F.CC1CCC(C=O)CC1.CCC(C)(C)C.CCCc1c(Cl)cc(C)cc1Cl.CO. The average Bonchev–Trinajstić information content (AvgIpc) is 2.88. The summed E-state index contributed by atoms with van der Waals surface area (Å²) in [6.07, 6.45) is 5.48. The van der Waals surface area contributed by atoms with Crippen molar-refractivity contribution < 1.29 is 23.1 Å². The molecule has 1 fully saturated rings. The highest BCUT2D eigenvalue weighted by Crippen LogP contribution is 2.29. The first-order chi connectivity index (χ1) is 18.8. The maximum Gasteiger partial charge on any atom is 0.413 e. The van der Waals surface area contributed by atoms with Crippen LogP contribution >= 0.6 is 23.2 Å². The molecular weight excluding hydrogens is 570 g/mol. The average molecular weight is 625 g/mol. The second-order valence-electron chi connectivity index (χ2n) is 11.5. The highest BCUT2D eigenvalue weighted by atomic mass is 35.5. The van der Waals surface area contributed by atoms with E-state index in [0.29, 0.717) is 17.5 Å². The minimum Gasteiger partial charge on any atom is -0.400 e. The van der Waals surface area contributed by atoms with Crippen LogP contribution in [0, 0.1) is 29.6 Å². The van der Waals surface area contributed by atoms with E-state index in [1.165, 1.54) is 26.2 Å². The summed E-state index contributed by atoms with van der Waals surface area (Å²) in [4.78, 5) is 10.3. The van der Waals surface area contributed by atoms with Gasteiger partial charge < -0.3 is 15.3 Å². The maximum absolute atomic E-state index is 12.0. The van der Waals surface area contributed by atoms with Crippen LogP contribution in [-0.2, 0) is 11.2 Å². The Balaban J connectivity index is -0.000000472. The molecule has 0 unspecified atom stereocenters. The summed E-state index contributed by atoms with van der Waals surface area (Å²) in [6, 6.07) is 3.91. The molecule has 0 heterocycles. The third-order valence-electron chi connectivity index (χ3n) is 6.53. The summed E-state index contributed by atoms with van der Waals surface area (Å²) in [5.41, 5.74) is 2.06. The van der Waals surface area contributed by atoms with Crippen LogP contribution in [0.2, 0.25) is 10.0 Å². The Morgan fingerprint density at radius 3 is 1.71 bits per heavy atom. The summed E-state index contributed by atoms with van der Waals surface area (Å²) >= 11 is 12.1. The molecule has 8 heteroatoms. The number of aliphatic hydroxyl groups is 1. The minimum atomic E-state index is -4.37. The van der Waals surface area contributed by atoms with Crippen molar-refractivity contribution in [3.05, 3.63) is 56.6 Å². The maximum atomic E-state index is 12.0. The molecular formula is C33H54Cl2F3NO2. The van der Waals surface area contributed by atoms with Gasteiger partial charge in [0.15, 0.2) is 0 Å². The normalized spacial score (nSPS) is 16.9. The summed E-state index contributed by atoms with van der Waals surface area (Å²) in [7, 11) is 1.00. The van der Waals surface area contributed by atoms with Gasteiger partial charge in [0.2, 0.25) is 0 Å². The molecule has 0 radical (unpaired) electrons. The van der Waals surface area contributed by atoms with Crippen LogP contribution in [0.4, 0.5) is 13.2 Å². The first-order valence-electron chi connectivity index (χ1n) is 14.1. The van der Waals surface area contributed by atoms with Crippen LogP contribution in [0.5, 0.6) is 0 Å².